The van der Waals surface area contributed by atoms with Gasteiger partial charge in [-0.25, -0.2) is 0 Å². The number of amides is 2. The predicted molar refractivity (Wildman–Crippen MR) is 98.3 cm³/mol. The van der Waals surface area contributed by atoms with E-state index in [0.29, 0.717) is 22.7 Å². The Balaban J connectivity index is 1.75. The molecular weight excluding hydrogens is 316 g/mol. The van der Waals surface area contributed by atoms with Crippen LogP contribution in [0.4, 0.5) is 11.4 Å². The van der Waals surface area contributed by atoms with Crippen LogP contribution in [0.25, 0.3) is 0 Å². The maximum atomic E-state index is 12.4. The summed E-state index contributed by atoms with van der Waals surface area (Å²) in [6.45, 7) is 8.08. The van der Waals surface area contributed by atoms with Crippen molar-refractivity contribution in [3.63, 3.8) is 0 Å². The standard InChI is InChI=1S/C20H22N2O3/c1-12-18(23)22-16-11-15(9-10-17(16)25-12)21-19(24)13-5-7-14(8-6-13)20(2,3)4/h5-12H,1-4H3,(H,21,24)(H,22,23)/t12-/m1/s1. The predicted octanol–water partition coefficient (Wildman–Crippen LogP) is 3.96. The van der Waals surface area contributed by atoms with Crippen molar-refractivity contribution in [1.82, 2.24) is 0 Å². The highest BCUT2D eigenvalue weighted by Crippen LogP contribution is 2.32. The summed E-state index contributed by atoms with van der Waals surface area (Å²) in [4.78, 5) is 24.1. The molecule has 0 unspecified atom stereocenters. The van der Waals surface area contributed by atoms with Crippen LogP contribution in [-0.4, -0.2) is 17.9 Å². The quantitative estimate of drug-likeness (QED) is 0.871. The van der Waals surface area contributed by atoms with E-state index in [-0.39, 0.29) is 17.2 Å². The summed E-state index contributed by atoms with van der Waals surface area (Å²) >= 11 is 0. The van der Waals surface area contributed by atoms with E-state index in [0.717, 1.165) is 0 Å². The summed E-state index contributed by atoms with van der Waals surface area (Å²) in [5.41, 5.74) is 2.96. The Hall–Kier alpha value is -2.82. The number of carbonyl (C=O) groups is 2. The largest absolute Gasteiger partial charge is 0.479 e. The summed E-state index contributed by atoms with van der Waals surface area (Å²) in [6.07, 6.45) is -0.519. The highest BCUT2D eigenvalue weighted by Gasteiger charge is 2.23. The Morgan fingerprint density at radius 3 is 2.44 bits per heavy atom. The minimum atomic E-state index is -0.519. The lowest BCUT2D eigenvalue weighted by molar-refractivity contribution is -0.122. The molecule has 0 saturated heterocycles. The van der Waals surface area contributed by atoms with Gasteiger partial charge in [-0.2, -0.15) is 0 Å². The number of anilines is 2. The number of rotatable bonds is 2. The topological polar surface area (TPSA) is 67.4 Å². The number of hydrogen-bond donors (Lipinski definition) is 2. The Morgan fingerprint density at radius 1 is 1.12 bits per heavy atom. The maximum absolute atomic E-state index is 12.4. The molecule has 0 radical (unpaired) electrons. The number of benzene rings is 2. The van der Waals surface area contributed by atoms with Crippen LogP contribution in [0, 0.1) is 0 Å². The van der Waals surface area contributed by atoms with Crippen molar-refractivity contribution >= 4 is 23.2 Å². The van der Waals surface area contributed by atoms with Crippen LogP contribution in [0.15, 0.2) is 42.5 Å². The molecule has 5 nitrogen and oxygen atoms in total. The minimum Gasteiger partial charge on any atom is -0.479 e. The highest BCUT2D eigenvalue weighted by atomic mass is 16.5. The van der Waals surface area contributed by atoms with Crippen molar-refractivity contribution in [2.24, 2.45) is 0 Å². The molecule has 0 saturated carbocycles. The lowest BCUT2D eigenvalue weighted by Crippen LogP contribution is -2.34. The molecule has 1 aliphatic rings. The lowest BCUT2D eigenvalue weighted by Gasteiger charge is -2.23. The zero-order valence-electron chi connectivity index (χ0n) is 14.8. The summed E-state index contributed by atoms with van der Waals surface area (Å²) in [5, 5.41) is 5.62. The smallest absolute Gasteiger partial charge is 0.265 e. The Morgan fingerprint density at radius 2 is 1.80 bits per heavy atom. The van der Waals surface area contributed by atoms with Crippen molar-refractivity contribution < 1.29 is 14.3 Å². The lowest BCUT2D eigenvalue weighted by atomic mass is 9.87. The summed E-state index contributed by atoms with van der Waals surface area (Å²) in [6, 6.07) is 12.8. The first-order valence-electron chi connectivity index (χ1n) is 8.27. The number of carbonyl (C=O) groups excluding carboxylic acids is 2. The van der Waals surface area contributed by atoms with Crippen LogP contribution < -0.4 is 15.4 Å². The molecule has 0 bridgehead atoms. The third kappa shape index (κ3) is 3.65. The van der Waals surface area contributed by atoms with Gasteiger partial charge in [0.15, 0.2) is 6.10 Å². The van der Waals surface area contributed by atoms with E-state index in [9.17, 15) is 9.59 Å². The normalized spacial score (nSPS) is 16.5. The monoisotopic (exact) mass is 338 g/mol. The Bertz CT molecular complexity index is 820. The zero-order chi connectivity index (χ0) is 18.2. The van der Waals surface area contributed by atoms with Crippen molar-refractivity contribution in [1.29, 1.82) is 0 Å². The molecule has 0 aromatic heterocycles. The molecule has 2 N–H and O–H groups in total. The molecule has 1 atom stereocenters. The Labute approximate surface area is 147 Å². The van der Waals surface area contributed by atoms with Gasteiger partial charge in [-0.1, -0.05) is 32.9 Å². The molecule has 1 heterocycles. The van der Waals surface area contributed by atoms with E-state index in [1.54, 1.807) is 25.1 Å². The van der Waals surface area contributed by atoms with Crippen molar-refractivity contribution in [3.05, 3.63) is 53.6 Å². The molecule has 3 rings (SSSR count). The first-order chi connectivity index (χ1) is 11.7. The fourth-order valence-corrected chi connectivity index (χ4v) is 2.61. The van der Waals surface area contributed by atoms with Gasteiger partial charge in [0.25, 0.3) is 11.8 Å². The number of hydrogen-bond acceptors (Lipinski definition) is 3. The molecule has 2 aromatic carbocycles. The van der Waals surface area contributed by atoms with E-state index >= 15 is 0 Å². The second kappa shape index (κ2) is 6.24. The maximum Gasteiger partial charge on any atom is 0.265 e. The molecule has 2 amide bonds. The molecule has 2 aromatic rings. The first-order valence-corrected chi connectivity index (χ1v) is 8.27. The average molecular weight is 338 g/mol. The third-order valence-electron chi connectivity index (χ3n) is 4.18. The number of nitrogens with one attached hydrogen (secondary N) is 2. The van der Waals surface area contributed by atoms with Gasteiger partial charge in [0.1, 0.15) is 5.75 Å². The van der Waals surface area contributed by atoms with Crippen molar-refractivity contribution in [2.75, 3.05) is 10.6 Å². The molecule has 0 spiro atoms. The van der Waals surface area contributed by atoms with E-state index in [4.69, 9.17) is 4.74 Å². The third-order valence-corrected chi connectivity index (χ3v) is 4.18. The van der Waals surface area contributed by atoms with Crippen LogP contribution in [0.5, 0.6) is 5.75 Å². The minimum absolute atomic E-state index is 0.0445. The van der Waals surface area contributed by atoms with Crippen LogP contribution in [-0.2, 0) is 10.2 Å². The molecule has 5 heteroatoms. The van der Waals surface area contributed by atoms with Gasteiger partial charge >= 0.3 is 0 Å². The highest BCUT2D eigenvalue weighted by molar-refractivity contribution is 6.05. The van der Waals surface area contributed by atoms with Gasteiger partial charge in [-0.05, 0) is 48.2 Å². The second-order valence-electron chi connectivity index (χ2n) is 7.24. The van der Waals surface area contributed by atoms with E-state index < -0.39 is 6.10 Å². The van der Waals surface area contributed by atoms with Gasteiger partial charge in [0.2, 0.25) is 0 Å². The molecular formula is C20H22N2O3. The molecule has 130 valence electrons. The molecule has 1 aliphatic heterocycles. The van der Waals surface area contributed by atoms with Crippen LogP contribution in [0.2, 0.25) is 0 Å². The summed E-state index contributed by atoms with van der Waals surface area (Å²) < 4.78 is 5.51. The van der Waals surface area contributed by atoms with Crippen molar-refractivity contribution in [2.45, 2.75) is 39.2 Å². The number of fused-ring (bicyclic) bond motifs is 1. The Kier molecular flexibility index (Phi) is 4.25. The molecule has 0 fully saturated rings. The second-order valence-corrected chi connectivity index (χ2v) is 7.24. The molecule has 25 heavy (non-hydrogen) atoms. The molecule has 0 aliphatic carbocycles. The van der Waals surface area contributed by atoms with E-state index in [2.05, 4.69) is 31.4 Å². The summed E-state index contributed by atoms with van der Waals surface area (Å²) in [5.74, 6) is 0.199. The van der Waals surface area contributed by atoms with Crippen LogP contribution in [0.3, 0.4) is 0 Å². The van der Waals surface area contributed by atoms with Gasteiger partial charge < -0.3 is 15.4 Å². The van der Waals surface area contributed by atoms with Gasteiger partial charge in [0.05, 0.1) is 5.69 Å². The first kappa shape index (κ1) is 17.0. The van der Waals surface area contributed by atoms with Gasteiger partial charge in [0, 0.05) is 11.3 Å². The zero-order valence-corrected chi connectivity index (χ0v) is 14.8. The van der Waals surface area contributed by atoms with Crippen molar-refractivity contribution in [3.8, 4) is 5.75 Å². The van der Waals surface area contributed by atoms with Crippen LogP contribution >= 0.6 is 0 Å². The fraction of sp³-hybridized carbons (Fsp3) is 0.300. The van der Waals surface area contributed by atoms with E-state index in [1.165, 1.54) is 5.56 Å². The van der Waals surface area contributed by atoms with Crippen LogP contribution in [0.1, 0.15) is 43.6 Å². The average Bonchev–Trinajstić information content (AvgIpc) is 2.55. The number of ether oxygens (including phenoxy) is 1. The van der Waals surface area contributed by atoms with Gasteiger partial charge in [-0.3, -0.25) is 9.59 Å². The van der Waals surface area contributed by atoms with E-state index in [1.807, 2.05) is 24.3 Å². The SMILES string of the molecule is C[C@H]1Oc2ccc(NC(=O)c3ccc(C(C)(C)C)cc3)cc2NC1=O. The van der Waals surface area contributed by atoms with Gasteiger partial charge in [-0.15, -0.1) is 0 Å². The summed E-state index contributed by atoms with van der Waals surface area (Å²) in [7, 11) is 0. The fourth-order valence-electron chi connectivity index (χ4n) is 2.61.